The van der Waals surface area contributed by atoms with Crippen molar-refractivity contribution in [2.75, 3.05) is 0 Å². The minimum atomic E-state index is -0.175. The van der Waals surface area contributed by atoms with Gasteiger partial charge in [-0.3, -0.25) is 9.59 Å². The average molecular weight is 327 g/mol. The van der Waals surface area contributed by atoms with Gasteiger partial charge in [0.1, 0.15) is 5.82 Å². The molecule has 5 nitrogen and oxygen atoms in total. The van der Waals surface area contributed by atoms with Gasteiger partial charge < -0.3 is 9.88 Å². The van der Waals surface area contributed by atoms with E-state index in [9.17, 15) is 9.59 Å². The fraction of sp³-hybridized carbons (Fsp3) is 0.235. The number of carbonyl (C=O) groups is 1. The molecule has 3 rings (SSSR count). The Balaban J connectivity index is 1.90. The van der Waals surface area contributed by atoms with Crippen molar-refractivity contribution >= 4 is 28.1 Å². The van der Waals surface area contributed by atoms with Gasteiger partial charge in [0.05, 0.1) is 24.0 Å². The predicted octanol–water partition coefficient (Wildman–Crippen LogP) is 2.92. The average Bonchev–Trinajstić information content (AvgIpc) is 3.06. The van der Waals surface area contributed by atoms with Gasteiger partial charge in [-0.1, -0.05) is 25.1 Å². The number of aromatic nitrogens is 2. The molecule has 0 aliphatic rings. The highest BCUT2D eigenvalue weighted by molar-refractivity contribution is 7.09. The van der Waals surface area contributed by atoms with Crippen LogP contribution in [0.4, 0.5) is 0 Å². The molecule has 1 N–H and O–H groups in total. The Bertz CT molecular complexity index is 871. The Morgan fingerprint density at radius 2 is 2.04 bits per heavy atom. The summed E-state index contributed by atoms with van der Waals surface area (Å²) in [6, 6.07) is 11.2. The molecule has 0 bridgehead atoms. The van der Waals surface area contributed by atoms with Crippen molar-refractivity contribution < 1.29 is 4.79 Å². The monoisotopic (exact) mass is 327 g/mol. The lowest BCUT2D eigenvalue weighted by molar-refractivity contribution is -0.132. The normalized spacial score (nSPS) is 10.8. The zero-order chi connectivity index (χ0) is 16.2. The van der Waals surface area contributed by atoms with Crippen molar-refractivity contribution in [3.8, 4) is 0 Å². The molecular weight excluding hydrogens is 310 g/mol. The van der Waals surface area contributed by atoms with Gasteiger partial charge >= 0.3 is 0 Å². The van der Waals surface area contributed by atoms with Crippen LogP contribution in [0, 0.1) is 0 Å². The van der Waals surface area contributed by atoms with E-state index in [2.05, 4.69) is 9.97 Å². The Morgan fingerprint density at radius 3 is 2.78 bits per heavy atom. The second-order valence-electron chi connectivity index (χ2n) is 5.21. The summed E-state index contributed by atoms with van der Waals surface area (Å²) in [7, 11) is 0. The van der Waals surface area contributed by atoms with Crippen LogP contribution in [0.3, 0.4) is 0 Å². The van der Waals surface area contributed by atoms with Crippen LogP contribution in [0.5, 0.6) is 0 Å². The molecule has 1 aromatic carbocycles. The number of amides is 1. The molecule has 0 saturated heterocycles. The molecule has 0 aliphatic heterocycles. The molecule has 118 valence electrons. The maximum Gasteiger partial charge on any atom is 0.258 e. The zero-order valence-electron chi connectivity index (χ0n) is 12.8. The summed E-state index contributed by atoms with van der Waals surface area (Å²) in [6.07, 6.45) is 0.420. The summed E-state index contributed by atoms with van der Waals surface area (Å²) in [4.78, 5) is 34.4. The van der Waals surface area contributed by atoms with E-state index in [-0.39, 0.29) is 11.5 Å². The lowest BCUT2D eigenvalue weighted by Crippen LogP contribution is -2.30. The van der Waals surface area contributed by atoms with Gasteiger partial charge in [-0.15, -0.1) is 11.3 Å². The van der Waals surface area contributed by atoms with E-state index < -0.39 is 0 Å². The van der Waals surface area contributed by atoms with E-state index in [1.807, 2.05) is 36.6 Å². The van der Waals surface area contributed by atoms with Gasteiger partial charge in [0.25, 0.3) is 5.56 Å². The third kappa shape index (κ3) is 3.48. The number of nitrogens with one attached hydrogen (secondary N) is 1. The van der Waals surface area contributed by atoms with Gasteiger partial charge in [0, 0.05) is 11.3 Å². The number of hydrogen-bond acceptors (Lipinski definition) is 4. The van der Waals surface area contributed by atoms with Crippen LogP contribution in [0.1, 0.15) is 24.0 Å². The molecule has 0 spiro atoms. The number of fused-ring (bicyclic) bond motifs is 1. The molecule has 0 atom stereocenters. The number of benzene rings is 1. The first kappa shape index (κ1) is 15.4. The van der Waals surface area contributed by atoms with Crippen molar-refractivity contribution in [3.63, 3.8) is 0 Å². The van der Waals surface area contributed by atoms with Crippen molar-refractivity contribution in [2.45, 2.75) is 26.4 Å². The number of hydrogen-bond donors (Lipinski definition) is 1. The first-order valence-corrected chi connectivity index (χ1v) is 8.33. The Kier molecular flexibility index (Phi) is 4.52. The van der Waals surface area contributed by atoms with Crippen molar-refractivity contribution in [3.05, 3.63) is 62.8 Å². The van der Waals surface area contributed by atoms with E-state index in [1.54, 1.807) is 28.4 Å². The quantitative estimate of drug-likeness (QED) is 0.783. The van der Waals surface area contributed by atoms with Crippen LogP contribution in [0.2, 0.25) is 0 Å². The first-order chi connectivity index (χ1) is 11.2. The van der Waals surface area contributed by atoms with Gasteiger partial charge in [0.15, 0.2) is 0 Å². The van der Waals surface area contributed by atoms with Gasteiger partial charge in [-0.05, 0) is 23.6 Å². The minimum absolute atomic E-state index is 0.0363. The van der Waals surface area contributed by atoms with Crippen LogP contribution in [0.25, 0.3) is 10.9 Å². The summed E-state index contributed by atoms with van der Waals surface area (Å²) >= 11 is 1.61. The van der Waals surface area contributed by atoms with Crippen LogP contribution < -0.4 is 5.56 Å². The molecule has 23 heavy (non-hydrogen) atoms. The third-order valence-electron chi connectivity index (χ3n) is 3.58. The second kappa shape index (κ2) is 6.75. The third-order valence-corrected chi connectivity index (χ3v) is 4.45. The lowest BCUT2D eigenvalue weighted by atomic mass is 10.2. The number of aromatic amines is 1. The van der Waals surface area contributed by atoms with Crippen LogP contribution in [0.15, 0.2) is 46.6 Å². The Hall–Kier alpha value is -2.47. The fourth-order valence-electron chi connectivity index (χ4n) is 2.44. The maximum atomic E-state index is 12.2. The summed E-state index contributed by atoms with van der Waals surface area (Å²) in [5, 5.41) is 2.54. The van der Waals surface area contributed by atoms with E-state index in [1.165, 1.54) is 0 Å². The number of nitrogens with zero attached hydrogens (tertiary/aromatic N) is 2. The summed E-state index contributed by atoms with van der Waals surface area (Å²) in [5.74, 6) is 0.543. The van der Waals surface area contributed by atoms with Crippen molar-refractivity contribution in [1.29, 1.82) is 0 Å². The lowest BCUT2D eigenvalue weighted by Gasteiger charge is -2.21. The molecule has 0 saturated carbocycles. The number of rotatable bonds is 5. The highest BCUT2D eigenvalue weighted by Gasteiger charge is 2.15. The molecule has 2 aromatic heterocycles. The predicted molar refractivity (Wildman–Crippen MR) is 91.2 cm³/mol. The number of thiophene rings is 1. The molecule has 0 aliphatic carbocycles. The number of H-pyrrole nitrogens is 1. The van der Waals surface area contributed by atoms with E-state index in [4.69, 9.17) is 0 Å². The summed E-state index contributed by atoms with van der Waals surface area (Å²) in [5.41, 5.74) is 0.469. The molecule has 6 heteroatoms. The smallest absolute Gasteiger partial charge is 0.258 e. The first-order valence-electron chi connectivity index (χ1n) is 7.45. The van der Waals surface area contributed by atoms with E-state index in [0.717, 1.165) is 4.88 Å². The molecule has 3 aromatic rings. The SMILES string of the molecule is CCC(=O)N(Cc1nc2ccccc2c(=O)[nH]1)Cc1cccs1. The van der Waals surface area contributed by atoms with Crippen LogP contribution >= 0.6 is 11.3 Å². The van der Waals surface area contributed by atoms with Crippen molar-refractivity contribution in [2.24, 2.45) is 0 Å². The van der Waals surface area contributed by atoms with E-state index in [0.29, 0.717) is 36.2 Å². The molecule has 2 heterocycles. The van der Waals surface area contributed by atoms with Crippen LogP contribution in [-0.2, 0) is 17.9 Å². The Morgan fingerprint density at radius 1 is 1.22 bits per heavy atom. The summed E-state index contributed by atoms with van der Waals surface area (Å²) in [6.45, 7) is 2.66. The molecular formula is C17H17N3O2S. The standard InChI is InChI=1S/C17H17N3O2S/c1-2-16(21)20(10-12-6-5-9-23-12)11-15-18-14-8-4-3-7-13(14)17(22)19-15/h3-9H,2,10-11H2,1H3,(H,18,19,22). The fourth-order valence-corrected chi connectivity index (χ4v) is 3.16. The Labute approximate surface area is 137 Å². The molecule has 0 radical (unpaired) electrons. The maximum absolute atomic E-state index is 12.2. The van der Waals surface area contributed by atoms with Gasteiger partial charge in [-0.25, -0.2) is 4.98 Å². The second-order valence-corrected chi connectivity index (χ2v) is 6.24. The van der Waals surface area contributed by atoms with Gasteiger partial charge in [-0.2, -0.15) is 0 Å². The minimum Gasteiger partial charge on any atom is -0.330 e. The molecule has 1 amide bonds. The van der Waals surface area contributed by atoms with Crippen LogP contribution in [-0.4, -0.2) is 20.8 Å². The zero-order valence-corrected chi connectivity index (χ0v) is 13.6. The number of para-hydroxylation sites is 1. The highest BCUT2D eigenvalue weighted by Crippen LogP contribution is 2.15. The van der Waals surface area contributed by atoms with Gasteiger partial charge in [0.2, 0.25) is 5.91 Å². The topological polar surface area (TPSA) is 66.1 Å². The number of carbonyl (C=O) groups excluding carboxylic acids is 1. The van der Waals surface area contributed by atoms with E-state index >= 15 is 0 Å². The van der Waals surface area contributed by atoms with Crippen molar-refractivity contribution in [1.82, 2.24) is 14.9 Å². The summed E-state index contributed by atoms with van der Waals surface area (Å²) < 4.78 is 0. The highest BCUT2D eigenvalue weighted by atomic mass is 32.1. The molecule has 0 fully saturated rings. The molecule has 0 unspecified atom stereocenters. The largest absolute Gasteiger partial charge is 0.330 e.